The molecular weight excluding hydrogens is 309 g/mol. The molecule has 3 rings (SSSR count). The topological polar surface area (TPSA) is 25.2 Å². The number of aryl methyl sites for hydroxylation is 1. The van der Waals surface area contributed by atoms with Gasteiger partial charge < -0.3 is 9.73 Å². The van der Waals surface area contributed by atoms with Crippen LogP contribution in [0.25, 0.3) is 0 Å². The predicted molar refractivity (Wildman–Crippen MR) is 84.6 cm³/mol. The van der Waals surface area contributed by atoms with Crippen LogP contribution >= 0.6 is 22.9 Å². The Hall–Kier alpha value is -1.78. The van der Waals surface area contributed by atoms with Gasteiger partial charge in [-0.05, 0) is 48.9 Å². The van der Waals surface area contributed by atoms with Gasteiger partial charge in [0.15, 0.2) is 0 Å². The summed E-state index contributed by atoms with van der Waals surface area (Å²) in [5, 5.41) is 3.30. The van der Waals surface area contributed by atoms with E-state index in [-0.39, 0.29) is 11.9 Å². The van der Waals surface area contributed by atoms with E-state index >= 15 is 0 Å². The predicted octanol–water partition coefficient (Wildman–Crippen LogP) is 5.64. The molecule has 1 atom stereocenters. The molecule has 0 amide bonds. The zero-order valence-corrected chi connectivity index (χ0v) is 12.8. The fourth-order valence-electron chi connectivity index (χ4n) is 2.07. The largest absolute Gasteiger partial charge is 0.467 e. The summed E-state index contributed by atoms with van der Waals surface area (Å²) in [6, 6.07) is 12.4. The number of thiophene rings is 1. The second-order valence-corrected chi connectivity index (χ2v) is 6.45. The van der Waals surface area contributed by atoms with Gasteiger partial charge in [0.2, 0.25) is 0 Å². The van der Waals surface area contributed by atoms with Gasteiger partial charge in [0.05, 0.1) is 10.6 Å². The molecule has 21 heavy (non-hydrogen) atoms. The molecule has 0 radical (unpaired) electrons. The number of hydrogen-bond donors (Lipinski definition) is 1. The molecule has 108 valence electrons. The average molecular weight is 322 g/mol. The highest BCUT2D eigenvalue weighted by Crippen LogP contribution is 2.34. The van der Waals surface area contributed by atoms with E-state index < -0.39 is 0 Å². The third-order valence-electron chi connectivity index (χ3n) is 3.19. The monoisotopic (exact) mass is 321 g/mol. The third kappa shape index (κ3) is 3.12. The summed E-state index contributed by atoms with van der Waals surface area (Å²) >= 11 is 7.48. The summed E-state index contributed by atoms with van der Waals surface area (Å²) in [5.74, 6) is 0.525. The van der Waals surface area contributed by atoms with Gasteiger partial charge in [0, 0.05) is 10.6 Å². The standard InChI is InChI=1S/C16H13ClFNOS/c1-10-4-5-11(9-12(10)18)19-16(13-3-2-8-20-13)14-6-7-15(17)21-14/h2-9,16,19H,1H3. The van der Waals surface area contributed by atoms with E-state index in [9.17, 15) is 4.39 Å². The molecule has 0 aliphatic rings. The van der Waals surface area contributed by atoms with Crippen LogP contribution in [0.1, 0.15) is 22.2 Å². The van der Waals surface area contributed by atoms with E-state index in [2.05, 4.69) is 5.32 Å². The molecule has 0 bridgehead atoms. The van der Waals surface area contributed by atoms with Crippen molar-refractivity contribution in [2.45, 2.75) is 13.0 Å². The molecule has 0 saturated heterocycles. The Morgan fingerprint density at radius 1 is 1.24 bits per heavy atom. The minimum atomic E-state index is -0.234. The first-order valence-electron chi connectivity index (χ1n) is 6.45. The lowest BCUT2D eigenvalue weighted by Gasteiger charge is -2.17. The lowest BCUT2D eigenvalue weighted by atomic mass is 10.1. The lowest BCUT2D eigenvalue weighted by Crippen LogP contribution is -2.10. The van der Waals surface area contributed by atoms with E-state index in [1.807, 2.05) is 30.3 Å². The van der Waals surface area contributed by atoms with Crippen LogP contribution in [0.4, 0.5) is 10.1 Å². The molecule has 0 spiro atoms. The number of hydrogen-bond acceptors (Lipinski definition) is 3. The molecule has 0 aliphatic heterocycles. The van der Waals surface area contributed by atoms with Crippen LogP contribution in [0.2, 0.25) is 4.34 Å². The third-order valence-corrected chi connectivity index (χ3v) is 4.49. The van der Waals surface area contributed by atoms with Crippen molar-refractivity contribution in [1.82, 2.24) is 0 Å². The first-order chi connectivity index (χ1) is 10.1. The molecule has 2 heterocycles. The first kappa shape index (κ1) is 14.2. The van der Waals surface area contributed by atoms with Gasteiger partial charge in [-0.1, -0.05) is 17.7 Å². The number of furan rings is 1. The van der Waals surface area contributed by atoms with Gasteiger partial charge in [-0.3, -0.25) is 0 Å². The molecular formula is C16H13ClFNOS. The van der Waals surface area contributed by atoms with Gasteiger partial charge in [-0.2, -0.15) is 0 Å². The fraction of sp³-hybridized carbons (Fsp3) is 0.125. The van der Waals surface area contributed by atoms with Crippen molar-refractivity contribution < 1.29 is 8.81 Å². The molecule has 5 heteroatoms. The highest BCUT2D eigenvalue weighted by Gasteiger charge is 2.19. The van der Waals surface area contributed by atoms with Gasteiger partial charge in [0.1, 0.15) is 17.6 Å². The summed E-state index contributed by atoms with van der Waals surface area (Å²) in [7, 11) is 0. The van der Waals surface area contributed by atoms with E-state index in [4.69, 9.17) is 16.0 Å². The quantitative estimate of drug-likeness (QED) is 0.672. The maximum Gasteiger partial charge on any atom is 0.131 e. The highest BCUT2D eigenvalue weighted by atomic mass is 35.5. The number of benzene rings is 1. The molecule has 2 aromatic heterocycles. The van der Waals surface area contributed by atoms with E-state index in [1.165, 1.54) is 17.4 Å². The van der Waals surface area contributed by atoms with Crippen LogP contribution in [0.5, 0.6) is 0 Å². The number of anilines is 1. The second kappa shape index (κ2) is 5.92. The molecule has 1 aromatic carbocycles. The van der Waals surface area contributed by atoms with E-state index in [0.717, 1.165) is 10.6 Å². The summed E-state index contributed by atoms with van der Waals surface area (Å²) in [5.41, 5.74) is 1.32. The van der Waals surface area contributed by atoms with Crippen molar-refractivity contribution in [2.75, 3.05) is 5.32 Å². The number of nitrogens with one attached hydrogen (secondary N) is 1. The van der Waals surface area contributed by atoms with Crippen LogP contribution < -0.4 is 5.32 Å². The normalized spacial score (nSPS) is 12.3. The molecule has 1 N–H and O–H groups in total. The lowest BCUT2D eigenvalue weighted by molar-refractivity contribution is 0.500. The van der Waals surface area contributed by atoms with Crippen molar-refractivity contribution in [3.05, 3.63) is 75.1 Å². The van der Waals surface area contributed by atoms with Crippen LogP contribution in [0, 0.1) is 12.7 Å². The molecule has 2 nitrogen and oxygen atoms in total. The Bertz CT molecular complexity index is 739. The van der Waals surface area contributed by atoms with Gasteiger partial charge >= 0.3 is 0 Å². The van der Waals surface area contributed by atoms with Crippen molar-refractivity contribution in [2.24, 2.45) is 0 Å². The van der Waals surface area contributed by atoms with Crippen LogP contribution in [-0.2, 0) is 0 Å². The summed E-state index contributed by atoms with van der Waals surface area (Å²) < 4.78 is 19.9. The maximum atomic E-state index is 13.7. The zero-order valence-electron chi connectivity index (χ0n) is 11.3. The molecule has 1 unspecified atom stereocenters. The molecule has 3 aromatic rings. The average Bonchev–Trinajstić information content (AvgIpc) is 3.11. The molecule has 0 aliphatic carbocycles. The highest BCUT2D eigenvalue weighted by molar-refractivity contribution is 7.16. The minimum Gasteiger partial charge on any atom is -0.467 e. The van der Waals surface area contributed by atoms with E-state index in [1.54, 1.807) is 19.3 Å². The summed E-state index contributed by atoms with van der Waals surface area (Å²) in [6.07, 6.45) is 1.62. The van der Waals surface area contributed by atoms with Gasteiger partial charge in [0.25, 0.3) is 0 Å². The van der Waals surface area contributed by atoms with Crippen molar-refractivity contribution in [3.63, 3.8) is 0 Å². The van der Waals surface area contributed by atoms with Crippen molar-refractivity contribution in [3.8, 4) is 0 Å². The van der Waals surface area contributed by atoms with Crippen molar-refractivity contribution >= 4 is 28.6 Å². The smallest absolute Gasteiger partial charge is 0.131 e. The Balaban J connectivity index is 1.94. The second-order valence-electron chi connectivity index (χ2n) is 4.70. The van der Waals surface area contributed by atoms with Gasteiger partial charge in [-0.25, -0.2) is 4.39 Å². The number of halogens is 2. The fourth-order valence-corrected chi connectivity index (χ4v) is 3.19. The van der Waals surface area contributed by atoms with Crippen molar-refractivity contribution in [1.29, 1.82) is 0 Å². The first-order valence-corrected chi connectivity index (χ1v) is 7.64. The summed E-state index contributed by atoms with van der Waals surface area (Å²) in [6.45, 7) is 1.74. The number of rotatable bonds is 4. The molecule has 0 fully saturated rings. The van der Waals surface area contributed by atoms with Crippen LogP contribution in [-0.4, -0.2) is 0 Å². The maximum absolute atomic E-state index is 13.7. The Kier molecular flexibility index (Phi) is 3.99. The molecule has 0 saturated carbocycles. The SMILES string of the molecule is Cc1ccc(NC(c2ccco2)c2ccc(Cl)s2)cc1F. The summed E-state index contributed by atoms with van der Waals surface area (Å²) in [4.78, 5) is 1.01. The Labute approximate surface area is 131 Å². The Morgan fingerprint density at radius 2 is 2.10 bits per heavy atom. The Morgan fingerprint density at radius 3 is 2.71 bits per heavy atom. The minimum absolute atomic E-state index is 0.195. The van der Waals surface area contributed by atoms with Crippen LogP contribution in [0.3, 0.4) is 0 Å². The van der Waals surface area contributed by atoms with Crippen LogP contribution in [0.15, 0.2) is 53.1 Å². The van der Waals surface area contributed by atoms with E-state index in [0.29, 0.717) is 15.6 Å². The van der Waals surface area contributed by atoms with Gasteiger partial charge in [-0.15, -0.1) is 11.3 Å². The zero-order chi connectivity index (χ0) is 14.8.